The van der Waals surface area contributed by atoms with Crippen LogP contribution in [0.3, 0.4) is 0 Å². The average molecular weight is 867 g/mol. The summed E-state index contributed by atoms with van der Waals surface area (Å²) in [6.45, 7) is 0. The van der Waals surface area contributed by atoms with Crippen LogP contribution in [0.5, 0.6) is 0 Å². The van der Waals surface area contributed by atoms with E-state index in [1.54, 1.807) is 0 Å². The zero-order valence-electron chi connectivity index (χ0n) is 37.5. The summed E-state index contributed by atoms with van der Waals surface area (Å²) in [4.78, 5) is 2.44. The first-order valence-electron chi connectivity index (χ1n) is 23.3. The molecule has 2 nitrogen and oxygen atoms in total. The quantitative estimate of drug-likeness (QED) is 0.133. The van der Waals surface area contributed by atoms with Crippen LogP contribution in [0.15, 0.2) is 279 Å². The van der Waals surface area contributed by atoms with Crippen molar-refractivity contribution in [3.8, 4) is 72.4 Å². The van der Waals surface area contributed by atoms with Crippen LogP contribution in [-0.4, -0.2) is 4.57 Å². The van der Waals surface area contributed by atoms with Crippen molar-refractivity contribution < 1.29 is 0 Å². The molecule has 0 aliphatic heterocycles. The van der Waals surface area contributed by atoms with Crippen molar-refractivity contribution in [1.82, 2.24) is 4.57 Å². The van der Waals surface area contributed by atoms with E-state index in [1.807, 2.05) is 0 Å². The van der Waals surface area contributed by atoms with Gasteiger partial charge in [0.2, 0.25) is 0 Å². The number of fused-ring (bicyclic) bond motifs is 3. The van der Waals surface area contributed by atoms with Crippen molar-refractivity contribution in [1.29, 1.82) is 0 Å². The molecule has 0 radical (unpaired) electrons. The summed E-state index contributed by atoms with van der Waals surface area (Å²) >= 11 is 0. The molecule has 0 aliphatic rings. The first kappa shape index (κ1) is 40.5. The normalized spacial score (nSPS) is 11.2. The molecule has 1 heterocycles. The van der Waals surface area contributed by atoms with Gasteiger partial charge in [0.25, 0.3) is 0 Å². The third-order valence-corrected chi connectivity index (χ3v) is 13.2. The lowest BCUT2D eigenvalue weighted by Gasteiger charge is -2.30. The molecule has 1 aromatic heterocycles. The number of benzene rings is 11. The standard InChI is InChI=1S/C66H46N2/c1-5-20-47(21-6-1)52-26-17-27-53(46-52)48-38-42-55(43-39-48)67(63-36-18-33-58(50-24-9-3-10-25-50)65(63)60-31-14-13-30-57(60)49-22-7-2-8-23-49)56-44-40-51(41-45-56)59-34-19-37-64-66(59)61-32-15-16-35-62(61)68(64)54-28-11-4-12-29-54/h1-46H. The molecule has 0 unspecified atom stereocenters. The molecule has 2 heteroatoms. The minimum absolute atomic E-state index is 1.06. The molecule has 0 bridgehead atoms. The van der Waals surface area contributed by atoms with Gasteiger partial charge in [-0.25, -0.2) is 0 Å². The fourth-order valence-corrected chi connectivity index (χ4v) is 10.1. The maximum Gasteiger partial charge on any atom is 0.0547 e. The van der Waals surface area contributed by atoms with Gasteiger partial charge in [0, 0.05) is 33.4 Å². The van der Waals surface area contributed by atoms with E-state index in [4.69, 9.17) is 0 Å². The van der Waals surface area contributed by atoms with Crippen molar-refractivity contribution in [3.63, 3.8) is 0 Å². The largest absolute Gasteiger partial charge is 0.310 e. The molecular weight excluding hydrogens is 821 g/mol. The van der Waals surface area contributed by atoms with Crippen LogP contribution >= 0.6 is 0 Å². The van der Waals surface area contributed by atoms with Gasteiger partial charge >= 0.3 is 0 Å². The zero-order valence-corrected chi connectivity index (χ0v) is 37.5. The van der Waals surface area contributed by atoms with Crippen LogP contribution in [0, 0.1) is 0 Å². The maximum absolute atomic E-state index is 2.44. The highest BCUT2D eigenvalue weighted by molar-refractivity contribution is 6.16. The number of hydrogen-bond acceptors (Lipinski definition) is 1. The van der Waals surface area contributed by atoms with Crippen LogP contribution in [0.4, 0.5) is 17.1 Å². The van der Waals surface area contributed by atoms with Crippen molar-refractivity contribution in [2.45, 2.75) is 0 Å². The second-order valence-electron chi connectivity index (χ2n) is 17.2. The SMILES string of the molecule is c1ccc(-c2cccc(-c3ccc(N(c4ccc(-c5cccc6c5c5ccccc5n6-c5ccccc5)cc4)c4cccc(-c5ccccc5)c4-c4ccccc4-c4ccccc4)cc3)c2)cc1. The summed E-state index contributed by atoms with van der Waals surface area (Å²) in [6.07, 6.45) is 0. The monoisotopic (exact) mass is 866 g/mol. The highest BCUT2D eigenvalue weighted by Crippen LogP contribution is 2.49. The molecular formula is C66H46N2. The Morgan fingerprint density at radius 2 is 0.691 bits per heavy atom. The second-order valence-corrected chi connectivity index (χ2v) is 17.2. The van der Waals surface area contributed by atoms with Crippen molar-refractivity contribution in [2.24, 2.45) is 0 Å². The Hall–Kier alpha value is -8.98. The van der Waals surface area contributed by atoms with Crippen LogP contribution in [0.25, 0.3) is 94.3 Å². The van der Waals surface area contributed by atoms with Gasteiger partial charge < -0.3 is 9.47 Å². The van der Waals surface area contributed by atoms with E-state index in [-0.39, 0.29) is 0 Å². The predicted molar refractivity (Wildman–Crippen MR) is 288 cm³/mol. The topological polar surface area (TPSA) is 8.17 Å². The lowest BCUT2D eigenvalue weighted by atomic mass is 9.87. The van der Waals surface area contributed by atoms with E-state index in [9.17, 15) is 0 Å². The highest BCUT2D eigenvalue weighted by Gasteiger charge is 2.23. The summed E-state index contributed by atoms with van der Waals surface area (Å²) in [6, 6.07) is 101. The molecule has 0 saturated carbocycles. The van der Waals surface area contributed by atoms with Crippen LogP contribution in [0.2, 0.25) is 0 Å². The maximum atomic E-state index is 2.44. The highest BCUT2D eigenvalue weighted by atomic mass is 15.1. The molecule has 320 valence electrons. The molecule has 0 amide bonds. The third kappa shape index (κ3) is 7.45. The lowest BCUT2D eigenvalue weighted by molar-refractivity contribution is 1.18. The fraction of sp³-hybridized carbons (Fsp3) is 0. The number of aromatic nitrogens is 1. The van der Waals surface area contributed by atoms with E-state index >= 15 is 0 Å². The molecule has 12 aromatic rings. The third-order valence-electron chi connectivity index (χ3n) is 13.2. The van der Waals surface area contributed by atoms with Gasteiger partial charge in [-0.3, -0.25) is 0 Å². The molecule has 0 N–H and O–H groups in total. The number of nitrogens with zero attached hydrogens (tertiary/aromatic N) is 2. The van der Waals surface area contributed by atoms with Gasteiger partial charge in [-0.15, -0.1) is 0 Å². The molecule has 0 saturated heterocycles. The van der Waals surface area contributed by atoms with E-state index in [0.29, 0.717) is 0 Å². The average Bonchev–Trinajstić information content (AvgIpc) is 3.77. The van der Waals surface area contributed by atoms with E-state index in [1.165, 1.54) is 77.4 Å². The van der Waals surface area contributed by atoms with Gasteiger partial charge in [-0.2, -0.15) is 0 Å². The lowest BCUT2D eigenvalue weighted by Crippen LogP contribution is -2.12. The Bertz CT molecular complexity index is 3690. The number of para-hydroxylation sites is 2. The molecule has 11 aromatic carbocycles. The van der Waals surface area contributed by atoms with Gasteiger partial charge in [0.15, 0.2) is 0 Å². The molecule has 12 rings (SSSR count). The first-order chi connectivity index (χ1) is 33.8. The van der Waals surface area contributed by atoms with Gasteiger partial charge in [-0.05, 0) is 122 Å². The fourth-order valence-electron chi connectivity index (χ4n) is 10.1. The van der Waals surface area contributed by atoms with Crippen molar-refractivity contribution in [2.75, 3.05) is 4.90 Å². The number of hydrogen-bond donors (Lipinski definition) is 0. The zero-order chi connectivity index (χ0) is 45.2. The minimum atomic E-state index is 1.06. The molecule has 68 heavy (non-hydrogen) atoms. The van der Waals surface area contributed by atoms with Crippen molar-refractivity contribution in [3.05, 3.63) is 279 Å². The molecule has 0 aliphatic carbocycles. The minimum Gasteiger partial charge on any atom is -0.310 e. The van der Waals surface area contributed by atoms with Crippen LogP contribution in [-0.2, 0) is 0 Å². The first-order valence-corrected chi connectivity index (χ1v) is 23.3. The van der Waals surface area contributed by atoms with E-state index in [2.05, 4.69) is 289 Å². The second kappa shape index (κ2) is 17.8. The summed E-state index contributed by atoms with van der Waals surface area (Å²) in [7, 11) is 0. The van der Waals surface area contributed by atoms with Gasteiger partial charge in [-0.1, -0.05) is 218 Å². The summed E-state index contributed by atoms with van der Waals surface area (Å²) < 4.78 is 2.39. The number of anilines is 3. The Kier molecular flexibility index (Phi) is 10.6. The van der Waals surface area contributed by atoms with Gasteiger partial charge in [0.05, 0.1) is 16.7 Å². The van der Waals surface area contributed by atoms with Gasteiger partial charge in [0.1, 0.15) is 0 Å². The Balaban J connectivity index is 1.05. The van der Waals surface area contributed by atoms with Crippen LogP contribution in [0.1, 0.15) is 0 Å². The van der Waals surface area contributed by atoms with Crippen LogP contribution < -0.4 is 4.90 Å². The molecule has 0 spiro atoms. The smallest absolute Gasteiger partial charge is 0.0547 e. The summed E-state index contributed by atoms with van der Waals surface area (Å²) in [5, 5.41) is 2.49. The number of rotatable bonds is 10. The Morgan fingerprint density at radius 1 is 0.265 bits per heavy atom. The molecule has 0 atom stereocenters. The Labute approximate surface area is 397 Å². The summed E-state index contributed by atoms with van der Waals surface area (Å²) in [5.41, 5.74) is 20.9. The predicted octanol–water partition coefficient (Wildman–Crippen LogP) is 18.3. The summed E-state index contributed by atoms with van der Waals surface area (Å²) in [5.74, 6) is 0. The van der Waals surface area contributed by atoms with Crippen molar-refractivity contribution >= 4 is 38.9 Å². The Morgan fingerprint density at radius 3 is 1.35 bits per heavy atom. The van der Waals surface area contributed by atoms with E-state index < -0.39 is 0 Å². The van der Waals surface area contributed by atoms with E-state index in [0.717, 1.165) is 33.9 Å². The molecule has 0 fully saturated rings.